The van der Waals surface area contributed by atoms with Crippen LogP contribution in [0.5, 0.6) is 0 Å². The fourth-order valence-electron chi connectivity index (χ4n) is 6.25. The molecule has 0 bridgehead atoms. The summed E-state index contributed by atoms with van der Waals surface area (Å²) in [6.45, 7) is 2.29. The Balaban J connectivity index is 1.45. The van der Waals surface area contributed by atoms with E-state index in [4.69, 9.17) is 0 Å². The average Bonchev–Trinajstić information content (AvgIpc) is 2.89. The minimum atomic E-state index is -0.899. The Bertz CT molecular complexity index is 1260. The van der Waals surface area contributed by atoms with Crippen LogP contribution in [0.25, 0.3) is 0 Å². The molecular formula is C31H32N2O2. The third-order valence-corrected chi connectivity index (χ3v) is 7.94. The highest BCUT2D eigenvalue weighted by Gasteiger charge is 2.51. The first-order valence-corrected chi connectivity index (χ1v) is 12.5. The minimum Gasteiger partial charge on any atom is -0.378 e. The average molecular weight is 465 g/mol. The lowest BCUT2D eigenvalue weighted by molar-refractivity contribution is -0.00801. The molecule has 2 aromatic carbocycles. The Labute approximate surface area is 207 Å². The lowest BCUT2D eigenvalue weighted by Crippen LogP contribution is -2.51. The molecule has 1 amide bonds. The van der Waals surface area contributed by atoms with Gasteiger partial charge < -0.3 is 10.4 Å². The number of amides is 1. The predicted molar refractivity (Wildman–Crippen MR) is 138 cm³/mol. The predicted octanol–water partition coefficient (Wildman–Crippen LogP) is 4.99. The van der Waals surface area contributed by atoms with Gasteiger partial charge in [0.15, 0.2) is 0 Å². The van der Waals surface area contributed by atoms with Crippen molar-refractivity contribution in [2.75, 3.05) is 0 Å². The van der Waals surface area contributed by atoms with Gasteiger partial charge >= 0.3 is 0 Å². The molecule has 1 heterocycles. The largest absolute Gasteiger partial charge is 0.378 e. The Hall–Kier alpha value is -3.42. The molecule has 3 aromatic rings. The van der Waals surface area contributed by atoms with Gasteiger partial charge in [0.05, 0.1) is 0 Å². The second kappa shape index (κ2) is 9.68. The van der Waals surface area contributed by atoms with Crippen LogP contribution in [-0.2, 0) is 24.8 Å². The Morgan fingerprint density at radius 2 is 1.89 bits per heavy atom. The second-order valence-corrected chi connectivity index (χ2v) is 10.1. The standard InChI is InChI=1S/C31H32N2O2/c1-2-14-30(35)15-16-31(20-23-6-4-3-5-7-23)27(21-30)10-8-25-19-26(9-11-28(25)31)29(34)33-22-24-12-17-32-18-13-24/h3-7,9,11-13,17-19,27,35H,8,10,15-16,20-22H2,1H3,(H,33,34)/t27-,30+,31+/m1/s1. The summed E-state index contributed by atoms with van der Waals surface area (Å²) < 4.78 is 0. The van der Waals surface area contributed by atoms with Crippen molar-refractivity contribution in [3.05, 3.63) is 101 Å². The van der Waals surface area contributed by atoms with E-state index in [1.54, 1.807) is 19.3 Å². The first kappa shape index (κ1) is 23.3. The molecule has 178 valence electrons. The van der Waals surface area contributed by atoms with Crippen LogP contribution in [0.4, 0.5) is 0 Å². The van der Waals surface area contributed by atoms with E-state index in [-0.39, 0.29) is 11.3 Å². The number of fused-ring (bicyclic) bond motifs is 3. The monoisotopic (exact) mass is 464 g/mol. The van der Waals surface area contributed by atoms with Gasteiger partial charge in [-0.05, 0) is 97.9 Å². The van der Waals surface area contributed by atoms with Gasteiger partial charge in [0, 0.05) is 29.9 Å². The third-order valence-electron chi connectivity index (χ3n) is 7.94. The molecule has 0 spiro atoms. The number of rotatable bonds is 5. The molecule has 1 fully saturated rings. The normalized spacial score (nSPS) is 24.9. The Kier molecular flexibility index (Phi) is 6.45. The number of pyridine rings is 1. The molecule has 0 radical (unpaired) electrons. The van der Waals surface area contributed by atoms with Gasteiger partial charge in [-0.1, -0.05) is 42.3 Å². The lowest BCUT2D eigenvalue weighted by atomic mass is 9.52. The fraction of sp³-hybridized carbons (Fsp3) is 0.355. The van der Waals surface area contributed by atoms with Crippen LogP contribution in [0.3, 0.4) is 0 Å². The molecule has 0 saturated heterocycles. The quantitative estimate of drug-likeness (QED) is 0.523. The van der Waals surface area contributed by atoms with Crippen molar-refractivity contribution >= 4 is 5.91 Å². The number of hydrogen-bond acceptors (Lipinski definition) is 3. The van der Waals surface area contributed by atoms with Crippen molar-refractivity contribution in [2.45, 2.75) is 63.0 Å². The van der Waals surface area contributed by atoms with Crippen molar-refractivity contribution < 1.29 is 9.90 Å². The molecule has 0 aliphatic heterocycles. The van der Waals surface area contributed by atoms with Crippen LogP contribution >= 0.6 is 0 Å². The maximum absolute atomic E-state index is 12.9. The second-order valence-electron chi connectivity index (χ2n) is 10.1. The van der Waals surface area contributed by atoms with Crippen molar-refractivity contribution in [1.82, 2.24) is 10.3 Å². The van der Waals surface area contributed by atoms with Crippen molar-refractivity contribution in [3.8, 4) is 11.8 Å². The van der Waals surface area contributed by atoms with Gasteiger partial charge in [0.2, 0.25) is 0 Å². The molecule has 4 heteroatoms. The summed E-state index contributed by atoms with van der Waals surface area (Å²) in [6, 6.07) is 20.7. The Morgan fingerprint density at radius 3 is 2.66 bits per heavy atom. The molecule has 35 heavy (non-hydrogen) atoms. The van der Waals surface area contributed by atoms with Crippen molar-refractivity contribution in [3.63, 3.8) is 0 Å². The van der Waals surface area contributed by atoms with E-state index in [1.807, 2.05) is 18.2 Å². The molecule has 2 aliphatic rings. The fourth-order valence-corrected chi connectivity index (χ4v) is 6.25. The van der Waals surface area contributed by atoms with Gasteiger partial charge in [0.25, 0.3) is 5.91 Å². The number of nitrogens with one attached hydrogen (secondary N) is 1. The molecular weight excluding hydrogens is 432 g/mol. The van der Waals surface area contributed by atoms with E-state index in [1.165, 1.54) is 16.7 Å². The maximum Gasteiger partial charge on any atom is 0.251 e. The summed E-state index contributed by atoms with van der Waals surface area (Å²) in [6.07, 6.45) is 8.58. The van der Waals surface area contributed by atoms with E-state index in [9.17, 15) is 9.90 Å². The number of hydrogen-bond donors (Lipinski definition) is 2. The maximum atomic E-state index is 12.9. The number of carbonyl (C=O) groups is 1. The summed E-state index contributed by atoms with van der Waals surface area (Å²) in [5.41, 5.74) is 4.70. The first-order chi connectivity index (χ1) is 17.0. The van der Waals surface area contributed by atoms with Gasteiger partial charge in [-0.25, -0.2) is 0 Å². The highest BCUT2D eigenvalue weighted by Crippen LogP contribution is 2.54. The molecule has 4 nitrogen and oxygen atoms in total. The van der Waals surface area contributed by atoms with E-state index in [0.717, 1.165) is 31.2 Å². The number of aryl methyl sites for hydroxylation is 1. The van der Waals surface area contributed by atoms with Crippen molar-refractivity contribution in [1.29, 1.82) is 0 Å². The third kappa shape index (κ3) is 4.74. The van der Waals surface area contributed by atoms with Crippen LogP contribution in [0.15, 0.2) is 73.1 Å². The van der Waals surface area contributed by atoms with Crippen LogP contribution in [0.2, 0.25) is 0 Å². The minimum absolute atomic E-state index is 0.0529. The molecule has 2 aliphatic carbocycles. The van der Waals surface area contributed by atoms with Gasteiger partial charge in [-0.3, -0.25) is 9.78 Å². The van der Waals surface area contributed by atoms with Gasteiger partial charge in [-0.2, -0.15) is 0 Å². The van der Waals surface area contributed by atoms with Crippen LogP contribution in [0.1, 0.15) is 65.2 Å². The number of carbonyl (C=O) groups excluding carboxylic acids is 1. The van der Waals surface area contributed by atoms with Crippen LogP contribution in [-0.4, -0.2) is 21.6 Å². The zero-order chi connectivity index (χ0) is 24.3. The van der Waals surface area contributed by atoms with E-state index in [2.05, 4.69) is 64.6 Å². The molecule has 3 atom stereocenters. The zero-order valence-corrected chi connectivity index (χ0v) is 20.3. The molecule has 5 rings (SSSR count). The molecule has 1 aromatic heterocycles. The van der Waals surface area contributed by atoms with Gasteiger partial charge in [0.1, 0.15) is 5.60 Å². The van der Waals surface area contributed by atoms with Crippen LogP contribution < -0.4 is 5.32 Å². The summed E-state index contributed by atoms with van der Waals surface area (Å²) in [5, 5.41) is 14.2. The topological polar surface area (TPSA) is 62.2 Å². The lowest BCUT2D eigenvalue weighted by Gasteiger charge is -2.52. The molecule has 1 saturated carbocycles. The SMILES string of the molecule is CC#C[C@]1(O)CC[C@@]2(Cc3ccccc3)c3ccc(C(=O)NCc4ccncc4)cc3CC[C@@H]2C1. The highest BCUT2D eigenvalue weighted by molar-refractivity contribution is 5.94. The summed E-state index contributed by atoms with van der Waals surface area (Å²) in [7, 11) is 0. The van der Waals surface area contributed by atoms with E-state index >= 15 is 0 Å². The number of nitrogens with zero attached hydrogens (tertiary/aromatic N) is 1. The molecule has 2 N–H and O–H groups in total. The summed E-state index contributed by atoms with van der Waals surface area (Å²) in [4.78, 5) is 17.0. The summed E-state index contributed by atoms with van der Waals surface area (Å²) in [5.74, 6) is 6.34. The number of aliphatic hydroxyl groups is 1. The Morgan fingerprint density at radius 1 is 1.09 bits per heavy atom. The smallest absolute Gasteiger partial charge is 0.251 e. The van der Waals surface area contributed by atoms with E-state index in [0.29, 0.717) is 30.9 Å². The van der Waals surface area contributed by atoms with E-state index < -0.39 is 5.60 Å². The molecule has 0 unspecified atom stereocenters. The summed E-state index contributed by atoms with van der Waals surface area (Å²) >= 11 is 0. The number of aromatic nitrogens is 1. The van der Waals surface area contributed by atoms with Gasteiger partial charge in [-0.15, -0.1) is 5.92 Å². The van der Waals surface area contributed by atoms with Crippen LogP contribution in [0, 0.1) is 17.8 Å². The zero-order valence-electron chi connectivity index (χ0n) is 20.3. The van der Waals surface area contributed by atoms with Crippen molar-refractivity contribution in [2.24, 2.45) is 5.92 Å². The highest BCUT2D eigenvalue weighted by atomic mass is 16.3. The first-order valence-electron chi connectivity index (χ1n) is 12.5. The number of benzene rings is 2.